The zero-order valence-corrected chi connectivity index (χ0v) is 14.6. The number of fused-ring (bicyclic) bond motifs is 1. The molecule has 0 bridgehead atoms. The molecule has 0 fully saturated rings. The van der Waals surface area contributed by atoms with Crippen molar-refractivity contribution in [2.45, 2.75) is 13.2 Å². The van der Waals surface area contributed by atoms with Gasteiger partial charge in [-0.3, -0.25) is 4.79 Å². The Morgan fingerprint density at radius 1 is 1.07 bits per heavy atom. The van der Waals surface area contributed by atoms with E-state index < -0.39 is 47.3 Å². The lowest BCUT2D eigenvalue weighted by Gasteiger charge is -2.21. The molecule has 0 aromatic heterocycles. The van der Waals surface area contributed by atoms with Gasteiger partial charge in [0.1, 0.15) is 5.75 Å². The fraction of sp³-hybridized carbons (Fsp3) is 0.235. The first-order valence-electron chi connectivity index (χ1n) is 7.72. The molecule has 5 nitrogen and oxygen atoms in total. The predicted octanol–water partition coefficient (Wildman–Crippen LogP) is 3.60. The third kappa shape index (κ3) is 3.97. The number of rotatable bonds is 5. The first kappa shape index (κ1) is 20.2. The van der Waals surface area contributed by atoms with Crippen LogP contribution in [0.25, 0.3) is 0 Å². The van der Waals surface area contributed by atoms with Gasteiger partial charge in [-0.25, -0.2) is 13.2 Å². The third-order valence-electron chi connectivity index (χ3n) is 3.74. The van der Waals surface area contributed by atoms with Crippen LogP contribution in [-0.4, -0.2) is 19.3 Å². The molecule has 2 aromatic rings. The summed E-state index contributed by atoms with van der Waals surface area (Å²) in [5.41, 5.74) is 1.18. The number of amides is 1. The van der Waals surface area contributed by atoms with E-state index >= 15 is 0 Å². The third-order valence-corrected chi connectivity index (χ3v) is 3.96. The maximum absolute atomic E-state index is 13.5. The van der Waals surface area contributed by atoms with Crippen molar-refractivity contribution in [1.29, 1.82) is 0 Å². The van der Waals surface area contributed by atoms with E-state index in [-0.39, 0.29) is 19.9 Å². The van der Waals surface area contributed by atoms with Crippen molar-refractivity contribution in [3.63, 3.8) is 0 Å². The molecule has 11 heteroatoms. The first-order chi connectivity index (χ1) is 13.3. The molecular weight excluding hydrogens is 413 g/mol. The minimum Gasteiger partial charge on any atom is -0.477 e. The van der Waals surface area contributed by atoms with E-state index in [4.69, 9.17) is 21.1 Å². The Labute approximate surface area is 159 Å². The summed E-state index contributed by atoms with van der Waals surface area (Å²) in [5.74, 6) is -12.9. The van der Waals surface area contributed by atoms with Gasteiger partial charge >= 0.3 is 0 Å². The fourth-order valence-electron chi connectivity index (χ4n) is 2.48. The molecule has 150 valence electrons. The SMILES string of the molecule is O=C(COc1c(F)c(F)c(F)c(F)c1F)NCc1cc(Cl)cc2c1OCOC2. The van der Waals surface area contributed by atoms with Gasteiger partial charge in [0.05, 0.1) is 6.61 Å². The van der Waals surface area contributed by atoms with Crippen molar-refractivity contribution < 1.29 is 41.0 Å². The molecule has 1 heterocycles. The molecule has 0 radical (unpaired) electrons. The standard InChI is InChI=1S/C17H11ClF5NO4/c18-9-1-7(16-8(2-9)4-26-6-28-16)3-24-10(25)5-27-17-14(22)12(20)11(19)13(21)15(17)23/h1-2H,3-6H2,(H,24,25). The van der Waals surface area contributed by atoms with Gasteiger partial charge in [0.15, 0.2) is 19.1 Å². The minimum atomic E-state index is -2.32. The second-order valence-electron chi connectivity index (χ2n) is 5.63. The lowest BCUT2D eigenvalue weighted by atomic mass is 10.1. The number of carbonyl (C=O) groups excluding carboxylic acids is 1. The van der Waals surface area contributed by atoms with Crippen LogP contribution in [0.1, 0.15) is 11.1 Å². The van der Waals surface area contributed by atoms with Gasteiger partial charge in [0.2, 0.25) is 29.1 Å². The normalized spacial score (nSPS) is 12.9. The summed E-state index contributed by atoms with van der Waals surface area (Å²) in [6.07, 6.45) is 0. The van der Waals surface area contributed by atoms with Crippen LogP contribution in [-0.2, 0) is 22.7 Å². The van der Waals surface area contributed by atoms with Crippen LogP contribution >= 0.6 is 11.6 Å². The summed E-state index contributed by atoms with van der Waals surface area (Å²) in [7, 11) is 0. The summed E-state index contributed by atoms with van der Waals surface area (Å²) in [4.78, 5) is 11.9. The fourth-order valence-corrected chi connectivity index (χ4v) is 2.75. The van der Waals surface area contributed by atoms with Crippen molar-refractivity contribution in [3.05, 3.63) is 57.4 Å². The van der Waals surface area contributed by atoms with Crippen LogP contribution < -0.4 is 14.8 Å². The second-order valence-corrected chi connectivity index (χ2v) is 6.06. The molecular formula is C17H11ClF5NO4. The van der Waals surface area contributed by atoms with E-state index in [9.17, 15) is 26.7 Å². The minimum absolute atomic E-state index is 0.0128. The Balaban J connectivity index is 1.66. The van der Waals surface area contributed by atoms with Crippen LogP contribution in [0.3, 0.4) is 0 Å². The Hall–Kier alpha value is -2.59. The molecule has 3 rings (SSSR count). The molecule has 1 aliphatic heterocycles. The molecule has 2 aromatic carbocycles. The van der Waals surface area contributed by atoms with E-state index in [1.807, 2.05) is 0 Å². The van der Waals surface area contributed by atoms with Crippen molar-refractivity contribution in [3.8, 4) is 11.5 Å². The summed E-state index contributed by atoms with van der Waals surface area (Å²) in [6, 6.07) is 3.17. The number of benzene rings is 2. The van der Waals surface area contributed by atoms with Gasteiger partial charge in [-0.2, -0.15) is 8.78 Å². The molecule has 28 heavy (non-hydrogen) atoms. The highest BCUT2D eigenvalue weighted by atomic mass is 35.5. The monoisotopic (exact) mass is 423 g/mol. The van der Waals surface area contributed by atoms with E-state index in [0.717, 1.165) is 0 Å². The van der Waals surface area contributed by atoms with E-state index in [2.05, 4.69) is 10.1 Å². The molecule has 1 aliphatic rings. The van der Waals surface area contributed by atoms with Gasteiger partial charge in [0, 0.05) is 22.7 Å². The van der Waals surface area contributed by atoms with Gasteiger partial charge in [-0.1, -0.05) is 11.6 Å². The first-order valence-corrected chi connectivity index (χ1v) is 8.10. The summed E-state index contributed by atoms with van der Waals surface area (Å²) in [6.45, 7) is -0.785. The van der Waals surface area contributed by atoms with Crippen molar-refractivity contribution in [2.75, 3.05) is 13.4 Å². The van der Waals surface area contributed by atoms with E-state index in [0.29, 0.717) is 21.9 Å². The molecule has 0 saturated heterocycles. The summed E-state index contributed by atoms with van der Waals surface area (Å²) < 4.78 is 81.2. The largest absolute Gasteiger partial charge is 0.477 e. The smallest absolute Gasteiger partial charge is 0.258 e. The van der Waals surface area contributed by atoms with Crippen molar-refractivity contribution >= 4 is 17.5 Å². The lowest BCUT2D eigenvalue weighted by Crippen LogP contribution is -2.29. The average molecular weight is 424 g/mol. The maximum Gasteiger partial charge on any atom is 0.258 e. The van der Waals surface area contributed by atoms with E-state index in [1.54, 1.807) is 6.07 Å². The molecule has 0 saturated carbocycles. The Bertz CT molecular complexity index is 911. The number of carbonyl (C=O) groups is 1. The zero-order chi connectivity index (χ0) is 20.4. The van der Waals surface area contributed by atoms with Crippen LogP contribution in [0.5, 0.6) is 11.5 Å². The highest BCUT2D eigenvalue weighted by Crippen LogP contribution is 2.32. The molecule has 1 N–H and O–H groups in total. The van der Waals surface area contributed by atoms with Gasteiger partial charge < -0.3 is 19.5 Å². The van der Waals surface area contributed by atoms with E-state index in [1.165, 1.54) is 6.07 Å². The van der Waals surface area contributed by atoms with Crippen molar-refractivity contribution in [1.82, 2.24) is 5.32 Å². The summed E-state index contributed by atoms with van der Waals surface area (Å²) in [5, 5.41) is 2.75. The number of hydrogen-bond acceptors (Lipinski definition) is 4. The molecule has 1 amide bonds. The maximum atomic E-state index is 13.5. The number of hydrogen-bond donors (Lipinski definition) is 1. The average Bonchev–Trinajstić information content (AvgIpc) is 2.68. The molecule has 0 atom stereocenters. The lowest BCUT2D eigenvalue weighted by molar-refractivity contribution is -0.123. The molecule has 0 spiro atoms. The second kappa shape index (κ2) is 8.19. The highest BCUT2D eigenvalue weighted by molar-refractivity contribution is 6.30. The van der Waals surface area contributed by atoms with Crippen molar-refractivity contribution in [2.24, 2.45) is 0 Å². The molecule has 0 unspecified atom stereocenters. The quantitative estimate of drug-likeness (QED) is 0.453. The topological polar surface area (TPSA) is 56.8 Å². The van der Waals surface area contributed by atoms with Gasteiger partial charge in [0.25, 0.3) is 5.91 Å². The van der Waals surface area contributed by atoms with Crippen LogP contribution in [0.2, 0.25) is 5.02 Å². The predicted molar refractivity (Wildman–Crippen MR) is 85.3 cm³/mol. The highest BCUT2D eigenvalue weighted by Gasteiger charge is 2.27. The molecule has 0 aliphatic carbocycles. The van der Waals surface area contributed by atoms with Crippen LogP contribution in [0.15, 0.2) is 12.1 Å². The Morgan fingerprint density at radius 3 is 2.39 bits per heavy atom. The Morgan fingerprint density at radius 2 is 1.71 bits per heavy atom. The van der Waals surface area contributed by atoms with Gasteiger partial charge in [-0.15, -0.1) is 0 Å². The van der Waals surface area contributed by atoms with Crippen LogP contribution in [0, 0.1) is 29.1 Å². The summed E-state index contributed by atoms with van der Waals surface area (Å²) >= 11 is 5.98. The number of nitrogens with one attached hydrogen (secondary N) is 1. The number of ether oxygens (including phenoxy) is 3. The van der Waals surface area contributed by atoms with Crippen LogP contribution in [0.4, 0.5) is 22.0 Å². The zero-order valence-electron chi connectivity index (χ0n) is 13.9. The number of halogens is 6. The Kier molecular flexibility index (Phi) is 5.90. The van der Waals surface area contributed by atoms with Gasteiger partial charge in [-0.05, 0) is 12.1 Å².